The number of amides is 1. The maximum absolute atomic E-state index is 13.0. The van der Waals surface area contributed by atoms with Crippen LogP contribution in [0.5, 0.6) is 0 Å². The highest BCUT2D eigenvalue weighted by Gasteiger charge is 2.37. The molecule has 2 heterocycles. The highest BCUT2D eigenvalue weighted by atomic mass is 32.2. The Morgan fingerprint density at radius 2 is 2.05 bits per heavy atom. The largest absolute Gasteiger partial charge is 0.343 e. The van der Waals surface area contributed by atoms with Crippen molar-refractivity contribution in [1.82, 2.24) is 10.6 Å². The molecule has 0 aromatic heterocycles. The first-order chi connectivity index (χ1) is 9.63. The molecule has 1 amide bonds. The zero-order valence-electron chi connectivity index (χ0n) is 11.2. The molecule has 0 bridgehead atoms. The molecule has 2 aliphatic heterocycles. The molecule has 3 unspecified atom stereocenters. The van der Waals surface area contributed by atoms with Gasteiger partial charge < -0.3 is 10.6 Å². The highest BCUT2D eigenvalue weighted by Crippen LogP contribution is 2.32. The third kappa shape index (κ3) is 2.74. The van der Waals surface area contributed by atoms with Crippen LogP contribution in [0, 0.1) is 5.82 Å². The van der Waals surface area contributed by atoms with Crippen LogP contribution in [0.15, 0.2) is 30.3 Å². The molecule has 3 atom stereocenters. The van der Waals surface area contributed by atoms with Crippen molar-refractivity contribution in [2.75, 3.05) is 6.54 Å². The fourth-order valence-corrected chi connectivity index (χ4v) is 3.95. The van der Waals surface area contributed by atoms with E-state index in [0.29, 0.717) is 0 Å². The lowest BCUT2D eigenvalue weighted by Gasteiger charge is -2.30. The molecule has 1 saturated heterocycles. The number of carbonyl (C=O) groups is 1. The molecule has 1 aromatic carbocycles. The van der Waals surface area contributed by atoms with E-state index in [1.165, 1.54) is 29.5 Å². The van der Waals surface area contributed by atoms with Gasteiger partial charge in [-0.1, -0.05) is 30.0 Å². The second kappa shape index (κ2) is 5.58. The number of nitrogens with one attached hydrogen (secondary N) is 2. The molecule has 20 heavy (non-hydrogen) atoms. The highest BCUT2D eigenvalue weighted by molar-refractivity contribution is 8.14. The van der Waals surface area contributed by atoms with Crippen molar-refractivity contribution in [2.24, 2.45) is 0 Å². The minimum atomic E-state index is -0.213. The fraction of sp³-hybridized carbons (Fsp3) is 0.400. The first-order valence-electron chi connectivity index (χ1n) is 6.79. The van der Waals surface area contributed by atoms with E-state index in [2.05, 4.69) is 16.7 Å². The zero-order valence-corrected chi connectivity index (χ0v) is 12.0. The van der Waals surface area contributed by atoms with Crippen LogP contribution < -0.4 is 10.6 Å². The van der Waals surface area contributed by atoms with Gasteiger partial charge in [-0.15, -0.1) is 0 Å². The number of hydrogen-bond acceptors (Lipinski definition) is 3. The molecule has 3 rings (SSSR count). The molecule has 2 N–H and O–H groups in total. The standard InChI is InChI=1S/C15H17FN2OS/c1-9-14(20-15(19)18-9)13-8-11(6-7-17-13)10-2-4-12(16)5-3-10/h2-6,9,13-14,17H,7-8H2,1H3,(H,18,19). The van der Waals surface area contributed by atoms with E-state index in [9.17, 15) is 9.18 Å². The summed E-state index contributed by atoms with van der Waals surface area (Å²) in [6.45, 7) is 2.83. The van der Waals surface area contributed by atoms with Gasteiger partial charge in [-0.3, -0.25) is 4.79 Å². The van der Waals surface area contributed by atoms with Gasteiger partial charge in [0.1, 0.15) is 5.82 Å². The molecule has 1 aromatic rings. The van der Waals surface area contributed by atoms with E-state index < -0.39 is 0 Å². The summed E-state index contributed by atoms with van der Waals surface area (Å²) in [5, 5.41) is 6.70. The van der Waals surface area contributed by atoms with Crippen LogP contribution in [-0.4, -0.2) is 29.1 Å². The lowest BCUT2D eigenvalue weighted by molar-refractivity contribution is 0.260. The summed E-state index contributed by atoms with van der Waals surface area (Å²) in [7, 11) is 0. The first kappa shape index (κ1) is 13.6. The van der Waals surface area contributed by atoms with Gasteiger partial charge in [0, 0.05) is 23.9 Å². The molecule has 0 radical (unpaired) electrons. The predicted molar refractivity (Wildman–Crippen MR) is 80.2 cm³/mol. The number of hydrogen-bond donors (Lipinski definition) is 2. The molecule has 0 aliphatic carbocycles. The topological polar surface area (TPSA) is 41.1 Å². The van der Waals surface area contributed by atoms with E-state index in [0.717, 1.165) is 18.5 Å². The second-order valence-electron chi connectivity index (χ2n) is 5.26. The number of rotatable bonds is 2. The van der Waals surface area contributed by atoms with Crippen LogP contribution in [0.1, 0.15) is 18.9 Å². The van der Waals surface area contributed by atoms with Crippen molar-refractivity contribution in [3.8, 4) is 0 Å². The van der Waals surface area contributed by atoms with Crippen LogP contribution in [0.25, 0.3) is 5.57 Å². The Bertz CT molecular complexity index is 543. The minimum absolute atomic E-state index is 0.0576. The van der Waals surface area contributed by atoms with Crippen molar-refractivity contribution in [3.05, 3.63) is 41.7 Å². The summed E-state index contributed by atoms with van der Waals surface area (Å²) in [6, 6.07) is 7.06. The van der Waals surface area contributed by atoms with Crippen LogP contribution in [0.2, 0.25) is 0 Å². The van der Waals surface area contributed by atoms with Crippen molar-refractivity contribution in [1.29, 1.82) is 0 Å². The number of halogens is 1. The van der Waals surface area contributed by atoms with E-state index in [4.69, 9.17) is 0 Å². The Hall–Kier alpha value is -1.33. The smallest absolute Gasteiger partial charge is 0.279 e. The minimum Gasteiger partial charge on any atom is -0.343 e. The molecule has 3 nitrogen and oxygen atoms in total. The van der Waals surface area contributed by atoms with Gasteiger partial charge in [-0.25, -0.2) is 4.39 Å². The SMILES string of the molecule is CC1NC(=O)SC1C1CC(c2ccc(F)cc2)=CCN1. The number of benzene rings is 1. The summed E-state index contributed by atoms with van der Waals surface area (Å²) in [6.07, 6.45) is 3.01. The Morgan fingerprint density at radius 3 is 2.70 bits per heavy atom. The van der Waals surface area contributed by atoms with Crippen LogP contribution in [-0.2, 0) is 0 Å². The van der Waals surface area contributed by atoms with Gasteiger partial charge in [0.15, 0.2) is 0 Å². The van der Waals surface area contributed by atoms with E-state index in [-0.39, 0.29) is 28.4 Å². The summed E-state index contributed by atoms with van der Waals surface area (Å²) in [4.78, 5) is 11.5. The maximum atomic E-state index is 13.0. The van der Waals surface area contributed by atoms with Gasteiger partial charge >= 0.3 is 0 Å². The van der Waals surface area contributed by atoms with Crippen LogP contribution in [0.4, 0.5) is 9.18 Å². The summed E-state index contributed by atoms with van der Waals surface area (Å²) in [5.41, 5.74) is 2.29. The van der Waals surface area contributed by atoms with Gasteiger partial charge in [0.25, 0.3) is 5.24 Å². The Morgan fingerprint density at radius 1 is 1.30 bits per heavy atom. The summed E-state index contributed by atoms with van der Waals surface area (Å²) < 4.78 is 13.0. The van der Waals surface area contributed by atoms with Gasteiger partial charge in [-0.2, -0.15) is 0 Å². The molecule has 0 saturated carbocycles. The maximum Gasteiger partial charge on any atom is 0.279 e. The lowest BCUT2D eigenvalue weighted by atomic mass is 9.92. The van der Waals surface area contributed by atoms with Gasteiger partial charge in [0.2, 0.25) is 0 Å². The number of thioether (sulfide) groups is 1. The summed E-state index contributed by atoms with van der Waals surface area (Å²) >= 11 is 1.38. The van der Waals surface area contributed by atoms with Crippen molar-refractivity contribution in [2.45, 2.75) is 30.7 Å². The first-order valence-corrected chi connectivity index (χ1v) is 7.67. The molecule has 0 spiro atoms. The normalized spacial score (nSPS) is 30.0. The van der Waals surface area contributed by atoms with Crippen molar-refractivity contribution < 1.29 is 9.18 Å². The molecule has 106 valence electrons. The fourth-order valence-electron chi connectivity index (χ4n) is 2.82. The van der Waals surface area contributed by atoms with E-state index >= 15 is 0 Å². The summed E-state index contributed by atoms with van der Waals surface area (Å²) in [5.74, 6) is -0.213. The Labute approximate surface area is 122 Å². The van der Waals surface area contributed by atoms with Crippen molar-refractivity contribution >= 4 is 22.6 Å². The monoisotopic (exact) mass is 292 g/mol. The predicted octanol–water partition coefficient (Wildman–Crippen LogP) is 2.78. The number of carbonyl (C=O) groups excluding carboxylic acids is 1. The Kier molecular flexibility index (Phi) is 3.81. The van der Waals surface area contributed by atoms with Gasteiger partial charge in [0.05, 0.1) is 0 Å². The molecular formula is C15H17FN2OS. The molecule has 2 aliphatic rings. The third-order valence-electron chi connectivity index (χ3n) is 3.86. The molecule has 5 heteroatoms. The van der Waals surface area contributed by atoms with E-state index in [1.807, 2.05) is 19.1 Å². The molecular weight excluding hydrogens is 275 g/mol. The zero-order chi connectivity index (χ0) is 14.1. The van der Waals surface area contributed by atoms with Crippen molar-refractivity contribution in [3.63, 3.8) is 0 Å². The molecule has 1 fully saturated rings. The van der Waals surface area contributed by atoms with Crippen LogP contribution >= 0.6 is 11.8 Å². The lowest BCUT2D eigenvalue weighted by Crippen LogP contribution is -2.45. The second-order valence-corrected chi connectivity index (χ2v) is 6.41. The van der Waals surface area contributed by atoms with Gasteiger partial charge in [-0.05, 0) is 36.6 Å². The Balaban J connectivity index is 1.74. The van der Waals surface area contributed by atoms with Crippen LogP contribution in [0.3, 0.4) is 0 Å². The third-order valence-corrected chi connectivity index (χ3v) is 5.20. The van der Waals surface area contributed by atoms with E-state index in [1.54, 1.807) is 0 Å². The average molecular weight is 292 g/mol. The average Bonchev–Trinajstić information content (AvgIpc) is 2.79. The quantitative estimate of drug-likeness (QED) is 0.880.